The maximum Gasteiger partial charge on any atom is 0.285 e. The monoisotopic (exact) mass is 500 g/mol. The van der Waals surface area contributed by atoms with Gasteiger partial charge in [0.05, 0.1) is 18.1 Å². The number of aliphatic imine (C=N–C) groups is 2. The normalized spacial score (nSPS) is 14.7. The van der Waals surface area contributed by atoms with E-state index in [-0.39, 0.29) is 10.8 Å². The van der Waals surface area contributed by atoms with E-state index < -0.39 is 5.82 Å². The molecule has 2 aromatic rings. The van der Waals surface area contributed by atoms with E-state index in [1.165, 1.54) is 18.2 Å². The summed E-state index contributed by atoms with van der Waals surface area (Å²) < 4.78 is 37.5. The molecule has 30 heavy (non-hydrogen) atoms. The van der Waals surface area contributed by atoms with Crippen LogP contribution in [0.2, 0.25) is 5.02 Å². The fourth-order valence-electron chi connectivity index (χ4n) is 2.59. The number of nitrogens with zero attached hydrogens (tertiary/aromatic N) is 2. The van der Waals surface area contributed by atoms with E-state index >= 15 is 0 Å². The van der Waals surface area contributed by atoms with Crippen LogP contribution in [0.15, 0.2) is 50.9 Å². The molecule has 0 amide bonds. The van der Waals surface area contributed by atoms with Crippen LogP contribution in [0, 0.1) is 11.6 Å². The fraction of sp³-hybridized carbons (Fsp3) is 0.300. The summed E-state index contributed by atoms with van der Waals surface area (Å²) in [5, 5.41) is 6.02. The summed E-state index contributed by atoms with van der Waals surface area (Å²) in [6.45, 7) is 3.36. The highest BCUT2D eigenvalue weighted by atomic mass is 79.9. The third-order valence-electron chi connectivity index (χ3n) is 4.07. The lowest BCUT2D eigenvalue weighted by atomic mass is 10.2. The number of rotatable bonds is 4. The molecule has 6 nitrogen and oxygen atoms in total. The van der Waals surface area contributed by atoms with Gasteiger partial charge in [0, 0.05) is 23.1 Å². The van der Waals surface area contributed by atoms with E-state index in [4.69, 9.17) is 21.1 Å². The fourth-order valence-corrected chi connectivity index (χ4v) is 3.17. The van der Waals surface area contributed by atoms with Crippen molar-refractivity contribution in [3.8, 4) is 0 Å². The second kappa shape index (κ2) is 11.1. The lowest BCUT2D eigenvalue weighted by Gasteiger charge is -2.07. The van der Waals surface area contributed by atoms with E-state index in [1.807, 2.05) is 0 Å². The van der Waals surface area contributed by atoms with Gasteiger partial charge in [0.15, 0.2) is 0 Å². The van der Waals surface area contributed by atoms with E-state index in [2.05, 4.69) is 36.5 Å². The summed E-state index contributed by atoms with van der Waals surface area (Å²) in [6, 6.07) is 10.5. The lowest BCUT2D eigenvalue weighted by Crippen LogP contribution is -2.23. The van der Waals surface area contributed by atoms with E-state index in [9.17, 15) is 8.78 Å². The Balaban J connectivity index is 0.000000171. The lowest BCUT2D eigenvalue weighted by molar-refractivity contribution is 0.331. The average molecular weight is 502 g/mol. The second-order valence-corrected chi connectivity index (χ2v) is 7.49. The smallest absolute Gasteiger partial charge is 0.285 e. The molecule has 2 aliphatic heterocycles. The van der Waals surface area contributed by atoms with Crippen molar-refractivity contribution in [2.24, 2.45) is 9.98 Å². The first kappa shape index (κ1) is 22.3. The Morgan fingerprint density at radius 1 is 0.933 bits per heavy atom. The van der Waals surface area contributed by atoms with Crippen molar-refractivity contribution in [1.82, 2.24) is 10.6 Å². The molecule has 0 unspecified atom stereocenters. The Morgan fingerprint density at radius 2 is 1.57 bits per heavy atom. The molecule has 0 aliphatic carbocycles. The number of ether oxygens (including phenoxy) is 2. The molecule has 4 rings (SSSR count). The molecular weight excluding hydrogens is 482 g/mol. The van der Waals surface area contributed by atoms with Crippen molar-refractivity contribution in [3.05, 3.63) is 68.7 Å². The number of nitrogens with one attached hydrogen (secondary N) is 2. The number of amidine groups is 2. The average Bonchev–Trinajstić information content (AvgIpc) is 3.44. The standard InChI is InChI=1S/C10H10BrFN2O.C10H10ClFN2O/c11-9-2-1-8(12)5-7(9)6-14-10-13-3-4-15-10;11-8-3-1-2-7(9(8)12)6-14-10-13-4-5-15-10/h1-2,5H,3-4,6H2,(H,13,14);1-3H,4-6H2,(H,13,14). The van der Waals surface area contributed by atoms with Gasteiger partial charge in [-0.2, -0.15) is 0 Å². The number of halogens is 4. The van der Waals surface area contributed by atoms with Crippen molar-refractivity contribution >= 4 is 39.6 Å². The number of benzene rings is 2. The first-order valence-corrected chi connectivity index (χ1v) is 10.4. The minimum atomic E-state index is -0.398. The van der Waals surface area contributed by atoms with Gasteiger partial charge in [0.1, 0.15) is 24.8 Å². The molecule has 2 aliphatic rings. The van der Waals surface area contributed by atoms with Crippen LogP contribution in [0.5, 0.6) is 0 Å². The summed E-state index contributed by atoms with van der Waals surface area (Å²) in [5.41, 5.74) is 1.34. The van der Waals surface area contributed by atoms with Crippen LogP contribution in [-0.2, 0) is 22.6 Å². The van der Waals surface area contributed by atoms with Crippen molar-refractivity contribution < 1.29 is 18.3 Å². The Bertz CT molecular complexity index is 917. The van der Waals surface area contributed by atoms with Gasteiger partial charge in [-0.15, -0.1) is 0 Å². The molecular formula is C20H20BrClF2N4O2. The van der Waals surface area contributed by atoms with Gasteiger partial charge in [-0.3, -0.25) is 0 Å². The molecule has 160 valence electrons. The van der Waals surface area contributed by atoms with Crippen LogP contribution in [0.4, 0.5) is 8.78 Å². The second-order valence-electron chi connectivity index (χ2n) is 6.23. The zero-order chi connectivity index (χ0) is 21.3. The predicted octanol–water partition coefficient (Wildman–Crippen LogP) is 4.02. The summed E-state index contributed by atoms with van der Waals surface area (Å²) in [6.07, 6.45) is 0. The van der Waals surface area contributed by atoms with Crippen LogP contribution in [0.3, 0.4) is 0 Å². The molecule has 0 radical (unpaired) electrons. The van der Waals surface area contributed by atoms with Crippen molar-refractivity contribution in [3.63, 3.8) is 0 Å². The SMILES string of the molecule is Fc1c(Cl)cccc1CNC1=NCCO1.Fc1ccc(Br)c(CNC2=NCCO2)c1. The van der Waals surface area contributed by atoms with Crippen LogP contribution in [0.25, 0.3) is 0 Å². The van der Waals surface area contributed by atoms with E-state index in [0.29, 0.717) is 57.0 Å². The Morgan fingerprint density at radius 3 is 2.17 bits per heavy atom. The van der Waals surface area contributed by atoms with E-state index in [0.717, 1.165) is 10.0 Å². The van der Waals surface area contributed by atoms with Gasteiger partial charge in [-0.25, -0.2) is 18.8 Å². The molecule has 0 atom stereocenters. The van der Waals surface area contributed by atoms with Crippen LogP contribution >= 0.6 is 27.5 Å². The molecule has 0 saturated carbocycles. The number of hydrogen-bond donors (Lipinski definition) is 2. The number of hydrogen-bond acceptors (Lipinski definition) is 6. The largest absolute Gasteiger partial charge is 0.463 e. The van der Waals surface area contributed by atoms with Crippen LogP contribution in [-0.4, -0.2) is 38.3 Å². The predicted molar refractivity (Wildman–Crippen MR) is 116 cm³/mol. The quantitative estimate of drug-likeness (QED) is 0.664. The van der Waals surface area contributed by atoms with Crippen molar-refractivity contribution in [1.29, 1.82) is 0 Å². The van der Waals surface area contributed by atoms with Gasteiger partial charge >= 0.3 is 0 Å². The van der Waals surface area contributed by atoms with Gasteiger partial charge in [-0.05, 0) is 29.8 Å². The molecule has 2 heterocycles. The van der Waals surface area contributed by atoms with Crippen molar-refractivity contribution in [2.75, 3.05) is 26.3 Å². The van der Waals surface area contributed by atoms with Crippen molar-refractivity contribution in [2.45, 2.75) is 13.1 Å². The highest BCUT2D eigenvalue weighted by Gasteiger charge is 2.10. The van der Waals surface area contributed by atoms with E-state index in [1.54, 1.807) is 18.2 Å². The zero-order valence-electron chi connectivity index (χ0n) is 15.9. The summed E-state index contributed by atoms with van der Waals surface area (Å²) in [4.78, 5) is 8.11. The van der Waals surface area contributed by atoms with Gasteiger partial charge < -0.3 is 20.1 Å². The van der Waals surface area contributed by atoms with Gasteiger partial charge in [-0.1, -0.05) is 39.7 Å². The molecule has 2 N–H and O–H groups in total. The van der Waals surface area contributed by atoms with Crippen LogP contribution < -0.4 is 10.6 Å². The topological polar surface area (TPSA) is 67.2 Å². The molecule has 0 aromatic heterocycles. The Hall–Kier alpha value is -2.39. The van der Waals surface area contributed by atoms with Gasteiger partial charge in [0.2, 0.25) is 0 Å². The molecule has 2 aromatic carbocycles. The molecule has 0 saturated heterocycles. The Kier molecular flexibility index (Phi) is 8.27. The summed E-state index contributed by atoms with van der Waals surface area (Å²) in [7, 11) is 0. The molecule has 0 spiro atoms. The minimum absolute atomic E-state index is 0.128. The molecule has 0 fully saturated rings. The first-order chi connectivity index (χ1) is 14.5. The van der Waals surface area contributed by atoms with Gasteiger partial charge in [0.25, 0.3) is 12.0 Å². The first-order valence-electron chi connectivity index (χ1n) is 9.22. The third-order valence-corrected chi connectivity index (χ3v) is 5.14. The summed E-state index contributed by atoms with van der Waals surface area (Å²) in [5.74, 6) is -0.644. The zero-order valence-corrected chi connectivity index (χ0v) is 18.3. The highest BCUT2D eigenvalue weighted by molar-refractivity contribution is 9.10. The maximum absolute atomic E-state index is 13.4. The molecule has 10 heteroatoms. The summed E-state index contributed by atoms with van der Waals surface area (Å²) >= 11 is 9.00. The highest BCUT2D eigenvalue weighted by Crippen LogP contribution is 2.18. The Labute approximate surface area is 186 Å². The molecule has 0 bridgehead atoms. The minimum Gasteiger partial charge on any atom is -0.463 e. The maximum atomic E-state index is 13.4. The third kappa shape index (κ3) is 6.56. The van der Waals surface area contributed by atoms with Crippen LogP contribution in [0.1, 0.15) is 11.1 Å².